The number of hydrogen-bond donors (Lipinski definition) is 6. The molecule has 12 heteroatoms. The molecule has 0 saturated heterocycles. The molecular weight excluding hydrogens is 192 g/mol. The molecule has 0 aliphatic carbocycles. The summed E-state index contributed by atoms with van der Waals surface area (Å²) in [5.41, 5.74) is 0. The quantitative estimate of drug-likeness (QED) is 0.147. The second-order valence-corrected chi connectivity index (χ2v) is 1.58. The third-order valence-electron chi connectivity index (χ3n) is 0.895. The number of hydroxylamine groups is 3. The van der Waals surface area contributed by atoms with Gasteiger partial charge >= 0.3 is 6.29 Å². The SMILES string of the molecule is ON=[N+](O)C([N+](O)=NO)[N+](O)=NO. The highest BCUT2D eigenvalue weighted by Gasteiger charge is 2.56. The van der Waals surface area contributed by atoms with Crippen molar-refractivity contribution < 1.29 is 45.8 Å². The molecule has 0 unspecified atom stereocenters. The van der Waals surface area contributed by atoms with Gasteiger partial charge in [-0.3, -0.25) is 15.6 Å². The first-order valence-corrected chi connectivity index (χ1v) is 2.57. The lowest BCUT2D eigenvalue weighted by Crippen LogP contribution is -2.41. The zero-order valence-corrected chi connectivity index (χ0v) is 5.94. The fraction of sp³-hybridized carbons (Fsp3) is 1.00. The molecule has 0 amide bonds. The highest BCUT2D eigenvalue weighted by molar-refractivity contribution is 3.82. The Labute approximate surface area is 69.2 Å². The third kappa shape index (κ3) is 2.28. The van der Waals surface area contributed by atoms with Gasteiger partial charge in [-0.15, -0.1) is 0 Å². The van der Waals surface area contributed by atoms with Crippen molar-refractivity contribution in [1.82, 2.24) is 0 Å². The van der Waals surface area contributed by atoms with E-state index < -0.39 is 20.9 Å². The van der Waals surface area contributed by atoms with E-state index in [1.807, 2.05) is 0 Å². The van der Waals surface area contributed by atoms with E-state index >= 15 is 0 Å². The fourth-order valence-corrected chi connectivity index (χ4v) is 0.416. The summed E-state index contributed by atoms with van der Waals surface area (Å²) in [6, 6.07) is 0. The first kappa shape index (κ1) is 10.6. The van der Waals surface area contributed by atoms with Crippen LogP contribution in [0.3, 0.4) is 0 Å². The average molecular weight is 199 g/mol. The number of nitrogens with zero attached hydrogens (tertiary/aromatic N) is 6. The Hall–Kier alpha value is -2.40. The van der Waals surface area contributed by atoms with Crippen molar-refractivity contribution in [2.45, 2.75) is 6.29 Å². The second kappa shape index (κ2) is 4.47. The first-order chi connectivity index (χ1) is 6.08. The highest BCUT2D eigenvalue weighted by atomic mass is 16.7. The average Bonchev–Trinajstić information content (AvgIpc) is 2.16. The standard InChI is InChI=1S/CH4N6O6/c8-2-5(11)1(6(12)3-9)7(13)4-10/h1,11-13H/p+3. The van der Waals surface area contributed by atoms with Crippen molar-refractivity contribution in [2.24, 2.45) is 15.8 Å². The van der Waals surface area contributed by atoms with Gasteiger partial charge < -0.3 is 15.6 Å². The second-order valence-electron chi connectivity index (χ2n) is 1.58. The van der Waals surface area contributed by atoms with Crippen LogP contribution < -0.4 is 0 Å². The Kier molecular flexibility index (Phi) is 3.65. The van der Waals surface area contributed by atoms with Crippen molar-refractivity contribution in [3.05, 3.63) is 0 Å². The molecule has 13 heavy (non-hydrogen) atoms. The van der Waals surface area contributed by atoms with E-state index in [4.69, 9.17) is 31.2 Å². The van der Waals surface area contributed by atoms with Gasteiger partial charge in [0.15, 0.2) is 0 Å². The van der Waals surface area contributed by atoms with Crippen molar-refractivity contribution in [3.63, 3.8) is 0 Å². The summed E-state index contributed by atoms with van der Waals surface area (Å²) in [6.07, 6.45) is -2.15. The third-order valence-corrected chi connectivity index (χ3v) is 0.895. The summed E-state index contributed by atoms with van der Waals surface area (Å²) < 4.78 is 0. The van der Waals surface area contributed by atoms with Crippen LogP contribution in [0.4, 0.5) is 0 Å². The lowest BCUT2D eigenvalue weighted by atomic mass is 10.9. The summed E-state index contributed by atoms with van der Waals surface area (Å²) in [4.78, 5) is -1.42. The van der Waals surface area contributed by atoms with Gasteiger partial charge in [0, 0.05) is 0 Å². The van der Waals surface area contributed by atoms with Gasteiger partial charge in [-0.05, 0) is 0 Å². The maximum absolute atomic E-state index is 8.59. The van der Waals surface area contributed by atoms with Crippen LogP contribution in [0.25, 0.3) is 0 Å². The zero-order chi connectivity index (χ0) is 10.4. The van der Waals surface area contributed by atoms with Crippen LogP contribution in [-0.4, -0.2) is 52.1 Å². The molecule has 0 rings (SSSR count). The molecule has 0 aliphatic heterocycles. The fourth-order valence-electron chi connectivity index (χ4n) is 0.416. The molecule has 12 nitrogen and oxygen atoms in total. The topological polar surface area (TPSA) is 167 Å². The van der Waals surface area contributed by atoms with Gasteiger partial charge in [-0.2, -0.15) is 0 Å². The predicted octanol–water partition coefficient (Wildman–Crippen LogP) is -1.00. The molecule has 0 bridgehead atoms. The zero-order valence-electron chi connectivity index (χ0n) is 5.94. The Bertz CT molecular complexity index is 213. The van der Waals surface area contributed by atoms with Crippen LogP contribution in [0.5, 0.6) is 0 Å². The van der Waals surface area contributed by atoms with Crippen molar-refractivity contribution in [3.8, 4) is 0 Å². The minimum atomic E-state index is -2.15. The number of rotatable bonds is 3. The Morgan fingerprint density at radius 1 is 0.692 bits per heavy atom. The van der Waals surface area contributed by atoms with E-state index in [2.05, 4.69) is 15.8 Å². The van der Waals surface area contributed by atoms with Gasteiger partial charge in [0.2, 0.25) is 0 Å². The van der Waals surface area contributed by atoms with Gasteiger partial charge in [0.1, 0.15) is 0 Å². The molecule has 0 radical (unpaired) electrons. The Morgan fingerprint density at radius 2 is 0.923 bits per heavy atom. The molecule has 0 atom stereocenters. The van der Waals surface area contributed by atoms with Crippen LogP contribution in [-0.2, 0) is 0 Å². The van der Waals surface area contributed by atoms with E-state index in [9.17, 15) is 0 Å². The lowest BCUT2D eigenvalue weighted by Gasteiger charge is -1.85. The van der Waals surface area contributed by atoms with Gasteiger partial charge in [-0.1, -0.05) is 0 Å². The summed E-state index contributed by atoms with van der Waals surface area (Å²) >= 11 is 0. The van der Waals surface area contributed by atoms with Crippen molar-refractivity contribution in [1.29, 1.82) is 0 Å². The lowest BCUT2D eigenvalue weighted by molar-refractivity contribution is -1.17. The molecular formula is CH7N6O6+3. The summed E-state index contributed by atoms with van der Waals surface area (Å²) in [5.74, 6) is 0. The van der Waals surface area contributed by atoms with Crippen LogP contribution in [0.15, 0.2) is 15.8 Å². The molecule has 6 N–H and O–H groups in total. The molecule has 0 spiro atoms. The summed E-state index contributed by atoms with van der Waals surface area (Å²) in [7, 11) is 0. The maximum Gasteiger partial charge on any atom is 0.745 e. The molecule has 74 valence electrons. The van der Waals surface area contributed by atoms with E-state index in [1.54, 1.807) is 0 Å². The van der Waals surface area contributed by atoms with Crippen molar-refractivity contribution in [2.75, 3.05) is 0 Å². The molecule has 0 aromatic heterocycles. The molecule has 0 saturated carbocycles. The summed E-state index contributed by atoms with van der Waals surface area (Å²) in [6.45, 7) is 0. The molecule has 0 aromatic rings. The molecule has 0 aliphatic rings. The largest absolute Gasteiger partial charge is 0.745 e. The monoisotopic (exact) mass is 199 g/mol. The van der Waals surface area contributed by atoms with E-state index in [1.165, 1.54) is 0 Å². The van der Waals surface area contributed by atoms with Crippen LogP contribution in [0.1, 0.15) is 0 Å². The number of hydrogen-bond acceptors (Lipinski definition) is 3. The molecule has 0 fully saturated rings. The smallest absolute Gasteiger partial charge is 0.359 e. The minimum Gasteiger partial charge on any atom is -0.359 e. The normalized spacial score (nSPS) is 17.1. The van der Waals surface area contributed by atoms with Crippen molar-refractivity contribution >= 4 is 0 Å². The van der Waals surface area contributed by atoms with E-state index in [0.717, 1.165) is 0 Å². The van der Waals surface area contributed by atoms with Gasteiger partial charge in [0.25, 0.3) is 30.4 Å². The van der Waals surface area contributed by atoms with E-state index in [-0.39, 0.29) is 0 Å². The summed E-state index contributed by atoms with van der Waals surface area (Å²) in [5, 5.41) is 55.9. The van der Waals surface area contributed by atoms with Crippen LogP contribution >= 0.6 is 0 Å². The first-order valence-electron chi connectivity index (χ1n) is 2.57. The van der Waals surface area contributed by atoms with Crippen LogP contribution in [0.2, 0.25) is 0 Å². The predicted molar refractivity (Wildman–Crippen MR) is 22.6 cm³/mol. The van der Waals surface area contributed by atoms with Gasteiger partial charge in [0.05, 0.1) is 0 Å². The molecule has 0 aromatic carbocycles. The highest BCUT2D eigenvalue weighted by Crippen LogP contribution is 1.92. The van der Waals surface area contributed by atoms with E-state index in [0.29, 0.717) is 0 Å². The Morgan fingerprint density at radius 3 is 1.08 bits per heavy atom. The Balaban J connectivity index is 4.99. The minimum absolute atomic E-state index is 0.473. The van der Waals surface area contributed by atoms with Gasteiger partial charge in [-0.25, -0.2) is 0 Å². The van der Waals surface area contributed by atoms with Crippen LogP contribution in [0, 0.1) is 0 Å². The maximum atomic E-state index is 8.59. The molecule has 0 heterocycles.